The largest absolute Gasteiger partial charge is 0.495 e. The van der Waals surface area contributed by atoms with Gasteiger partial charge in [0.2, 0.25) is 5.91 Å². The zero-order valence-electron chi connectivity index (χ0n) is 18.4. The van der Waals surface area contributed by atoms with E-state index in [0.29, 0.717) is 22.9 Å². The van der Waals surface area contributed by atoms with E-state index in [1.54, 1.807) is 43.3 Å². The highest BCUT2D eigenvalue weighted by Gasteiger charge is 2.23. The highest BCUT2D eigenvalue weighted by molar-refractivity contribution is 7.98. The van der Waals surface area contributed by atoms with Crippen molar-refractivity contribution in [2.45, 2.75) is 31.3 Å². The number of hydrogen-bond acceptors (Lipinski definition) is 6. The van der Waals surface area contributed by atoms with Gasteiger partial charge in [-0.25, -0.2) is 9.97 Å². The molecule has 3 rings (SSSR count). The molecule has 0 aliphatic carbocycles. The molecule has 7 nitrogen and oxygen atoms in total. The Hall–Kier alpha value is -3.26. The minimum absolute atomic E-state index is 0.0892. The molecule has 1 amide bonds. The van der Waals surface area contributed by atoms with Crippen molar-refractivity contribution in [1.82, 2.24) is 15.0 Å². The first-order valence-electron chi connectivity index (χ1n) is 9.74. The molecule has 0 saturated heterocycles. The molecule has 0 spiro atoms. The van der Waals surface area contributed by atoms with Gasteiger partial charge in [0.15, 0.2) is 5.16 Å². The summed E-state index contributed by atoms with van der Waals surface area (Å²) >= 11 is 1.58. The lowest BCUT2D eigenvalue weighted by Gasteiger charge is -2.18. The molecule has 2 aromatic heterocycles. The summed E-state index contributed by atoms with van der Waals surface area (Å²) in [5.74, 6) is 0.981. The minimum atomic E-state index is -0.283. The number of aromatic amines is 1. The molecule has 0 saturated carbocycles. The number of rotatable bonds is 7. The third-order valence-electron chi connectivity index (χ3n) is 4.57. The number of amides is 1. The molecule has 0 unspecified atom stereocenters. The minimum Gasteiger partial charge on any atom is -0.495 e. The Morgan fingerprint density at radius 3 is 2.68 bits per heavy atom. The molecule has 162 valence electrons. The highest BCUT2D eigenvalue weighted by atomic mass is 32.2. The number of nitrogens with one attached hydrogen (secondary N) is 3. The van der Waals surface area contributed by atoms with Crippen molar-refractivity contribution < 1.29 is 9.53 Å². The number of pyridine rings is 1. The summed E-state index contributed by atoms with van der Waals surface area (Å²) in [5.41, 5.74) is 4.14. The topological polar surface area (TPSA) is 91.9 Å². The van der Waals surface area contributed by atoms with E-state index in [1.165, 1.54) is 6.08 Å². The van der Waals surface area contributed by atoms with Crippen LogP contribution in [0.2, 0.25) is 0 Å². The Kier molecular flexibility index (Phi) is 6.70. The second-order valence-corrected chi connectivity index (χ2v) is 8.68. The average Bonchev–Trinajstić information content (AvgIpc) is 3.19. The molecule has 0 bridgehead atoms. The number of carbonyl (C=O) groups excluding carboxylic acids is 1. The van der Waals surface area contributed by atoms with Gasteiger partial charge in [0.1, 0.15) is 11.6 Å². The molecule has 0 atom stereocenters. The van der Waals surface area contributed by atoms with E-state index < -0.39 is 0 Å². The van der Waals surface area contributed by atoms with Gasteiger partial charge in [0.05, 0.1) is 18.5 Å². The Morgan fingerprint density at radius 2 is 2.03 bits per heavy atom. The number of carbonyl (C=O) groups is 1. The van der Waals surface area contributed by atoms with E-state index in [1.807, 2.05) is 18.4 Å². The van der Waals surface area contributed by atoms with Gasteiger partial charge in [0, 0.05) is 28.6 Å². The fourth-order valence-corrected chi connectivity index (χ4v) is 3.45. The van der Waals surface area contributed by atoms with E-state index >= 15 is 0 Å². The lowest BCUT2D eigenvalue weighted by atomic mass is 9.89. The second-order valence-electron chi connectivity index (χ2n) is 7.88. The van der Waals surface area contributed by atoms with Crippen LogP contribution in [-0.4, -0.2) is 34.2 Å². The number of ether oxygens (including phenoxy) is 1. The van der Waals surface area contributed by atoms with Gasteiger partial charge in [-0.3, -0.25) is 4.79 Å². The second kappa shape index (κ2) is 9.26. The van der Waals surface area contributed by atoms with Crippen LogP contribution >= 0.6 is 11.8 Å². The molecule has 31 heavy (non-hydrogen) atoms. The molecule has 0 fully saturated rings. The molecule has 8 heteroatoms. The van der Waals surface area contributed by atoms with E-state index in [9.17, 15) is 4.79 Å². The smallest absolute Gasteiger partial charge is 0.247 e. The SMILES string of the molecule is C=CC(=O)Nc1ccc(OC)c(Nc2cc(-c3nc(SC)[nH]c3C(C)(C)C)ccn2)c1. The first-order valence-corrected chi connectivity index (χ1v) is 11.0. The number of imidazole rings is 1. The number of hydrogen-bond donors (Lipinski definition) is 3. The molecule has 3 N–H and O–H groups in total. The number of H-pyrrole nitrogens is 1. The third kappa shape index (κ3) is 5.27. The van der Waals surface area contributed by atoms with Crippen molar-refractivity contribution in [3.8, 4) is 17.0 Å². The quantitative estimate of drug-likeness (QED) is 0.340. The van der Waals surface area contributed by atoms with Crippen LogP contribution in [0.25, 0.3) is 11.3 Å². The predicted octanol–water partition coefficient (Wildman–Crippen LogP) is 5.37. The predicted molar refractivity (Wildman–Crippen MR) is 127 cm³/mol. The maximum atomic E-state index is 11.6. The first kappa shape index (κ1) is 22.4. The molecule has 0 aliphatic heterocycles. The van der Waals surface area contributed by atoms with Crippen LogP contribution in [0, 0.1) is 0 Å². The lowest BCUT2D eigenvalue weighted by Crippen LogP contribution is -2.13. The van der Waals surface area contributed by atoms with E-state index in [0.717, 1.165) is 22.1 Å². The Bertz CT molecular complexity index is 1100. The van der Waals surface area contributed by atoms with E-state index in [-0.39, 0.29) is 11.3 Å². The molecule has 2 heterocycles. The van der Waals surface area contributed by atoms with Crippen LogP contribution in [0.5, 0.6) is 5.75 Å². The molecule has 3 aromatic rings. The van der Waals surface area contributed by atoms with Crippen molar-refractivity contribution >= 4 is 34.9 Å². The van der Waals surface area contributed by atoms with Crippen LogP contribution in [0.15, 0.2) is 54.3 Å². The van der Waals surface area contributed by atoms with Gasteiger partial charge in [-0.15, -0.1) is 0 Å². The van der Waals surface area contributed by atoms with Crippen LogP contribution in [0.3, 0.4) is 0 Å². The van der Waals surface area contributed by atoms with Gasteiger partial charge in [-0.1, -0.05) is 39.1 Å². The highest BCUT2D eigenvalue weighted by Crippen LogP contribution is 2.35. The van der Waals surface area contributed by atoms with Gasteiger partial charge in [-0.05, 0) is 42.7 Å². The summed E-state index contributed by atoms with van der Waals surface area (Å²) in [4.78, 5) is 24.3. The van der Waals surface area contributed by atoms with Gasteiger partial charge < -0.3 is 20.4 Å². The third-order valence-corrected chi connectivity index (χ3v) is 5.15. The molecule has 1 aromatic carbocycles. The average molecular weight is 438 g/mol. The van der Waals surface area contributed by atoms with E-state index in [2.05, 4.69) is 48.0 Å². The molecule has 0 aliphatic rings. The normalized spacial score (nSPS) is 11.1. The maximum Gasteiger partial charge on any atom is 0.247 e. The number of aromatic nitrogens is 3. The number of thioether (sulfide) groups is 1. The Morgan fingerprint density at radius 1 is 1.26 bits per heavy atom. The molecule has 0 radical (unpaired) electrons. The zero-order chi connectivity index (χ0) is 22.6. The number of nitrogens with zero attached hydrogens (tertiary/aromatic N) is 2. The number of anilines is 3. The Balaban J connectivity index is 1.97. The summed E-state index contributed by atoms with van der Waals surface area (Å²) < 4.78 is 5.46. The summed E-state index contributed by atoms with van der Waals surface area (Å²) in [7, 11) is 1.59. The fourth-order valence-electron chi connectivity index (χ4n) is 3.06. The van der Waals surface area contributed by atoms with Gasteiger partial charge in [0.25, 0.3) is 0 Å². The number of methoxy groups -OCH3 is 1. The van der Waals surface area contributed by atoms with Crippen LogP contribution in [0.4, 0.5) is 17.2 Å². The van der Waals surface area contributed by atoms with Crippen molar-refractivity contribution in [2.24, 2.45) is 0 Å². The summed E-state index contributed by atoms with van der Waals surface area (Å²) in [5, 5.41) is 6.91. The van der Waals surface area contributed by atoms with Crippen molar-refractivity contribution in [3.05, 3.63) is 54.9 Å². The van der Waals surface area contributed by atoms with Crippen LogP contribution in [0.1, 0.15) is 26.5 Å². The Labute approximate surface area is 186 Å². The standard InChI is InChI=1S/C23H27N5O2S/c1-7-19(29)25-15-8-9-17(30-5)16(13-15)26-18-12-14(10-11-24-18)20-21(23(2,3)4)28-22(27-20)31-6/h7-13H,1H2,2-6H3,(H,24,26)(H,25,29)(H,27,28). The van der Waals surface area contributed by atoms with Gasteiger partial charge >= 0.3 is 0 Å². The zero-order valence-corrected chi connectivity index (χ0v) is 19.2. The van der Waals surface area contributed by atoms with Crippen molar-refractivity contribution in [2.75, 3.05) is 24.0 Å². The van der Waals surface area contributed by atoms with Crippen LogP contribution in [-0.2, 0) is 10.2 Å². The maximum absolute atomic E-state index is 11.6. The summed E-state index contributed by atoms with van der Waals surface area (Å²) in [6.45, 7) is 9.94. The van der Waals surface area contributed by atoms with Crippen molar-refractivity contribution in [1.29, 1.82) is 0 Å². The first-order chi connectivity index (χ1) is 14.7. The summed E-state index contributed by atoms with van der Waals surface area (Å²) in [6.07, 6.45) is 4.97. The van der Waals surface area contributed by atoms with Gasteiger partial charge in [-0.2, -0.15) is 0 Å². The van der Waals surface area contributed by atoms with E-state index in [4.69, 9.17) is 9.72 Å². The molecular formula is C23H27N5O2S. The van der Waals surface area contributed by atoms with Crippen LogP contribution < -0.4 is 15.4 Å². The molecular weight excluding hydrogens is 410 g/mol. The van der Waals surface area contributed by atoms with Crippen molar-refractivity contribution in [3.63, 3.8) is 0 Å². The summed E-state index contributed by atoms with van der Waals surface area (Å²) in [6, 6.07) is 9.22. The fraction of sp³-hybridized carbons (Fsp3) is 0.261. The lowest BCUT2D eigenvalue weighted by molar-refractivity contribution is -0.111. The number of benzene rings is 1. The monoisotopic (exact) mass is 437 g/mol.